The molecule has 0 amide bonds. The largest absolute Gasteiger partial charge is 0.361 e. The van der Waals surface area contributed by atoms with Gasteiger partial charge in [0.1, 0.15) is 0 Å². The van der Waals surface area contributed by atoms with Crippen molar-refractivity contribution in [1.82, 2.24) is 9.88 Å². The van der Waals surface area contributed by atoms with Crippen LogP contribution >= 0.6 is 0 Å². The first-order chi connectivity index (χ1) is 12.8. The van der Waals surface area contributed by atoms with Crippen molar-refractivity contribution in [2.45, 2.75) is 57.8 Å². The van der Waals surface area contributed by atoms with Crippen LogP contribution in [0.25, 0.3) is 10.9 Å². The third-order valence-electron chi connectivity index (χ3n) is 6.60. The van der Waals surface area contributed by atoms with Crippen LogP contribution < -0.4 is 0 Å². The van der Waals surface area contributed by atoms with Crippen molar-refractivity contribution >= 4 is 16.7 Å². The van der Waals surface area contributed by atoms with Crippen molar-refractivity contribution in [2.75, 3.05) is 19.6 Å². The summed E-state index contributed by atoms with van der Waals surface area (Å²) in [6, 6.07) is 8.05. The number of ketones is 1. The van der Waals surface area contributed by atoms with E-state index in [9.17, 15) is 4.79 Å². The van der Waals surface area contributed by atoms with Crippen LogP contribution in [-0.4, -0.2) is 35.3 Å². The number of rotatable bonds is 6. The number of nitrogens with one attached hydrogen (secondary N) is 1. The number of aromatic amines is 1. The number of hydrogen-bond acceptors (Lipinski definition) is 2. The van der Waals surface area contributed by atoms with E-state index in [0.29, 0.717) is 12.2 Å². The molecule has 0 spiro atoms. The first-order valence-electron chi connectivity index (χ1n) is 10.6. The number of fused-ring (bicyclic) bond motifs is 1. The molecule has 1 saturated carbocycles. The van der Waals surface area contributed by atoms with Gasteiger partial charge >= 0.3 is 0 Å². The van der Waals surface area contributed by atoms with Gasteiger partial charge in [-0.3, -0.25) is 4.79 Å². The lowest BCUT2D eigenvalue weighted by atomic mass is 9.87. The summed E-state index contributed by atoms with van der Waals surface area (Å²) in [6.07, 6.45) is 13.5. The number of likely N-dealkylation sites (tertiary alicyclic amines) is 1. The quantitative estimate of drug-likeness (QED) is 0.704. The van der Waals surface area contributed by atoms with E-state index in [2.05, 4.69) is 9.88 Å². The molecule has 1 saturated heterocycles. The number of nitrogens with zero attached hydrogens (tertiary/aromatic N) is 1. The molecule has 2 heterocycles. The van der Waals surface area contributed by atoms with Gasteiger partial charge in [-0.25, -0.2) is 0 Å². The fraction of sp³-hybridized carbons (Fsp3) is 0.609. The van der Waals surface area contributed by atoms with Crippen molar-refractivity contribution in [3.8, 4) is 0 Å². The molecule has 2 fully saturated rings. The number of benzene rings is 1. The van der Waals surface area contributed by atoms with Crippen LogP contribution in [0.15, 0.2) is 30.5 Å². The summed E-state index contributed by atoms with van der Waals surface area (Å²) in [4.78, 5) is 18.4. The van der Waals surface area contributed by atoms with Gasteiger partial charge in [0, 0.05) is 35.6 Å². The van der Waals surface area contributed by atoms with Gasteiger partial charge in [-0.15, -0.1) is 0 Å². The highest BCUT2D eigenvalue weighted by Crippen LogP contribution is 2.28. The Morgan fingerprint density at radius 2 is 1.81 bits per heavy atom. The zero-order valence-corrected chi connectivity index (χ0v) is 15.9. The molecule has 1 aliphatic heterocycles. The minimum absolute atomic E-state index is 0.303. The summed E-state index contributed by atoms with van der Waals surface area (Å²) < 4.78 is 0. The number of carbonyl (C=O) groups is 1. The number of carbonyl (C=O) groups excluding carboxylic acids is 1. The molecule has 1 N–H and O–H groups in total. The summed E-state index contributed by atoms with van der Waals surface area (Å²) in [5.74, 6) is 1.99. The Bertz CT molecular complexity index is 721. The van der Waals surface area contributed by atoms with E-state index in [1.54, 1.807) is 0 Å². The fourth-order valence-corrected chi connectivity index (χ4v) is 4.90. The molecule has 2 aliphatic rings. The second-order valence-electron chi connectivity index (χ2n) is 8.49. The minimum atomic E-state index is 0.303. The maximum absolute atomic E-state index is 12.6. The van der Waals surface area contributed by atoms with Crippen LogP contribution in [0.5, 0.6) is 0 Å². The second-order valence-corrected chi connectivity index (χ2v) is 8.49. The third kappa shape index (κ3) is 4.37. The summed E-state index contributed by atoms with van der Waals surface area (Å²) in [6.45, 7) is 3.80. The van der Waals surface area contributed by atoms with Gasteiger partial charge in [-0.05, 0) is 81.3 Å². The average molecular weight is 353 g/mol. The SMILES string of the molecule is O=C(CCC1CCN(CC2CCCCC2)CC1)c1ccc2[nH]ccc2c1. The van der Waals surface area contributed by atoms with Crippen LogP contribution in [0.3, 0.4) is 0 Å². The monoisotopic (exact) mass is 352 g/mol. The molecule has 0 atom stereocenters. The lowest BCUT2D eigenvalue weighted by Crippen LogP contribution is -2.37. The van der Waals surface area contributed by atoms with E-state index in [0.717, 1.165) is 34.7 Å². The van der Waals surface area contributed by atoms with Crippen LogP contribution in [0.4, 0.5) is 0 Å². The van der Waals surface area contributed by atoms with E-state index in [1.807, 2.05) is 30.5 Å². The molecular weight excluding hydrogens is 320 g/mol. The topological polar surface area (TPSA) is 36.1 Å². The Labute approximate surface area is 157 Å². The molecule has 0 unspecified atom stereocenters. The van der Waals surface area contributed by atoms with Crippen molar-refractivity contribution in [3.05, 3.63) is 36.0 Å². The minimum Gasteiger partial charge on any atom is -0.361 e. The van der Waals surface area contributed by atoms with Crippen molar-refractivity contribution in [2.24, 2.45) is 11.8 Å². The zero-order chi connectivity index (χ0) is 17.8. The molecule has 0 bridgehead atoms. The predicted octanol–water partition coefficient (Wildman–Crippen LogP) is 5.42. The molecular formula is C23H32N2O. The van der Waals surface area contributed by atoms with E-state index < -0.39 is 0 Å². The van der Waals surface area contributed by atoms with Gasteiger partial charge in [0.2, 0.25) is 0 Å². The van der Waals surface area contributed by atoms with E-state index in [1.165, 1.54) is 64.6 Å². The highest BCUT2D eigenvalue weighted by atomic mass is 16.1. The molecule has 3 nitrogen and oxygen atoms in total. The molecule has 1 aliphatic carbocycles. The van der Waals surface area contributed by atoms with Crippen molar-refractivity contribution in [1.29, 1.82) is 0 Å². The molecule has 3 heteroatoms. The number of aromatic nitrogens is 1. The molecule has 26 heavy (non-hydrogen) atoms. The highest BCUT2D eigenvalue weighted by Gasteiger charge is 2.23. The summed E-state index contributed by atoms with van der Waals surface area (Å²) >= 11 is 0. The van der Waals surface area contributed by atoms with Crippen molar-refractivity contribution in [3.63, 3.8) is 0 Å². The van der Waals surface area contributed by atoms with Crippen molar-refractivity contribution < 1.29 is 4.79 Å². The van der Waals surface area contributed by atoms with Crippen LogP contribution in [0, 0.1) is 11.8 Å². The Balaban J connectivity index is 1.21. The number of H-pyrrole nitrogens is 1. The molecule has 2 aromatic rings. The van der Waals surface area contributed by atoms with Gasteiger partial charge in [0.05, 0.1) is 0 Å². The number of Topliss-reactive ketones (excluding diaryl/α,β-unsaturated/α-hetero) is 1. The van der Waals surface area contributed by atoms with Gasteiger partial charge in [-0.1, -0.05) is 19.3 Å². The van der Waals surface area contributed by atoms with E-state index in [-0.39, 0.29) is 0 Å². The maximum Gasteiger partial charge on any atom is 0.162 e. The maximum atomic E-state index is 12.6. The molecule has 140 valence electrons. The Hall–Kier alpha value is -1.61. The molecule has 1 aromatic carbocycles. The summed E-state index contributed by atoms with van der Waals surface area (Å²) in [5, 5.41) is 1.13. The normalized spacial score (nSPS) is 20.6. The fourth-order valence-electron chi connectivity index (χ4n) is 4.90. The van der Waals surface area contributed by atoms with Crippen LogP contribution in [0.2, 0.25) is 0 Å². The van der Waals surface area contributed by atoms with E-state index in [4.69, 9.17) is 0 Å². The summed E-state index contributed by atoms with van der Waals surface area (Å²) in [7, 11) is 0. The molecule has 1 aromatic heterocycles. The molecule has 4 rings (SSSR count). The standard InChI is InChI=1S/C23H32N2O/c26-23(21-7-8-22-20(16-21)10-13-24-22)9-6-18-11-14-25(15-12-18)17-19-4-2-1-3-5-19/h7-8,10,13,16,18-19,24H,1-6,9,11-12,14-15,17H2. The van der Waals surface area contributed by atoms with Gasteiger partial charge < -0.3 is 9.88 Å². The second kappa shape index (κ2) is 8.39. The van der Waals surface area contributed by atoms with E-state index >= 15 is 0 Å². The average Bonchev–Trinajstić information content (AvgIpc) is 3.16. The first-order valence-corrected chi connectivity index (χ1v) is 10.6. The molecule has 0 radical (unpaired) electrons. The zero-order valence-electron chi connectivity index (χ0n) is 15.9. The van der Waals surface area contributed by atoms with Crippen LogP contribution in [0.1, 0.15) is 68.1 Å². The first kappa shape index (κ1) is 17.8. The van der Waals surface area contributed by atoms with Gasteiger partial charge in [-0.2, -0.15) is 0 Å². The Kier molecular flexibility index (Phi) is 5.74. The van der Waals surface area contributed by atoms with Gasteiger partial charge in [0.15, 0.2) is 5.78 Å². The van der Waals surface area contributed by atoms with Gasteiger partial charge in [0.25, 0.3) is 0 Å². The third-order valence-corrected chi connectivity index (χ3v) is 6.60. The van der Waals surface area contributed by atoms with Crippen LogP contribution in [-0.2, 0) is 0 Å². The Morgan fingerprint density at radius 3 is 2.62 bits per heavy atom. The predicted molar refractivity (Wildman–Crippen MR) is 108 cm³/mol. The lowest BCUT2D eigenvalue weighted by molar-refractivity contribution is 0.0957. The number of hydrogen-bond donors (Lipinski definition) is 1. The number of piperidine rings is 1. The Morgan fingerprint density at radius 1 is 1.00 bits per heavy atom. The smallest absolute Gasteiger partial charge is 0.162 e. The summed E-state index contributed by atoms with van der Waals surface area (Å²) in [5.41, 5.74) is 1.97. The highest BCUT2D eigenvalue weighted by molar-refractivity contribution is 5.99. The lowest BCUT2D eigenvalue weighted by Gasteiger charge is -2.35.